The maximum Gasteiger partial charge on any atom is 0.345 e. The molecule has 0 heterocycles. The molecule has 39 heavy (non-hydrogen) atoms. The molecule has 1 aromatic rings. The van der Waals surface area contributed by atoms with Gasteiger partial charge in [0.15, 0.2) is 0 Å². The summed E-state index contributed by atoms with van der Waals surface area (Å²) in [6, 6.07) is 9.95. The molecule has 0 saturated heterocycles. The minimum atomic E-state index is -0.241. The summed E-state index contributed by atoms with van der Waals surface area (Å²) >= 11 is 3.47. The van der Waals surface area contributed by atoms with E-state index in [2.05, 4.69) is 56.6 Å². The largest absolute Gasteiger partial charge is 0.458 e. The van der Waals surface area contributed by atoms with Crippen molar-refractivity contribution in [2.75, 3.05) is 0 Å². The molecule has 3 saturated carbocycles. The molecule has 2 nitrogen and oxygen atoms in total. The Hall–Kier alpha value is -1.35. The van der Waals surface area contributed by atoms with Gasteiger partial charge in [-0.25, -0.2) is 4.79 Å². The zero-order valence-corrected chi connectivity index (χ0v) is 26.6. The number of benzene rings is 1. The van der Waals surface area contributed by atoms with Crippen LogP contribution >= 0.6 is 15.9 Å². The molecule has 0 unspecified atom stereocenters. The molecule has 0 bridgehead atoms. The molecule has 0 spiro atoms. The summed E-state index contributed by atoms with van der Waals surface area (Å²) in [5, 5.41) is 0. The predicted molar refractivity (Wildman–Crippen MR) is 166 cm³/mol. The number of fused-ring (bicyclic) bond motifs is 5. The van der Waals surface area contributed by atoms with Gasteiger partial charge < -0.3 is 4.74 Å². The van der Waals surface area contributed by atoms with E-state index in [1.807, 2.05) is 36.4 Å². The van der Waals surface area contributed by atoms with Gasteiger partial charge in [0.2, 0.25) is 0 Å². The smallest absolute Gasteiger partial charge is 0.345 e. The number of hydrogen-bond acceptors (Lipinski definition) is 2. The molecule has 5 rings (SSSR count). The first-order valence-electron chi connectivity index (χ1n) is 15.9. The van der Waals surface area contributed by atoms with Crippen molar-refractivity contribution in [2.45, 2.75) is 111 Å². The Balaban J connectivity index is 1.23. The van der Waals surface area contributed by atoms with Crippen LogP contribution in [0.2, 0.25) is 0 Å². The molecular weight excluding hydrogens is 544 g/mol. The summed E-state index contributed by atoms with van der Waals surface area (Å²) in [6.07, 6.45) is 18.6. The van der Waals surface area contributed by atoms with Crippen LogP contribution in [0, 0.1) is 46.3 Å². The van der Waals surface area contributed by atoms with Crippen molar-refractivity contribution in [2.24, 2.45) is 46.3 Å². The first-order chi connectivity index (χ1) is 18.6. The van der Waals surface area contributed by atoms with Gasteiger partial charge in [0.25, 0.3) is 0 Å². The SMILES string of the molecule is CC(C)CCC[C@H](C)[C@@H]1CC[C@@H]2[C@H]3CC=C4C[C@@H](OC(=O)/C(Br)=C\c5ccccc5)CC[C@]4(C)[C@@H]3CC[C@]21C. The molecule has 214 valence electrons. The second-order valence-electron chi connectivity index (χ2n) is 14.5. The first kappa shape index (κ1) is 29.2. The monoisotopic (exact) mass is 594 g/mol. The van der Waals surface area contributed by atoms with Crippen molar-refractivity contribution in [3.8, 4) is 0 Å². The summed E-state index contributed by atoms with van der Waals surface area (Å²) < 4.78 is 6.53. The van der Waals surface area contributed by atoms with Gasteiger partial charge in [0.1, 0.15) is 10.6 Å². The third kappa shape index (κ3) is 5.86. The fourth-order valence-corrected chi connectivity index (χ4v) is 10.1. The van der Waals surface area contributed by atoms with E-state index in [0.717, 1.165) is 60.3 Å². The van der Waals surface area contributed by atoms with E-state index in [0.29, 0.717) is 9.90 Å². The van der Waals surface area contributed by atoms with Crippen molar-refractivity contribution >= 4 is 28.0 Å². The molecule has 1 aromatic carbocycles. The van der Waals surface area contributed by atoms with Crippen LogP contribution in [-0.2, 0) is 9.53 Å². The highest BCUT2D eigenvalue weighted by Crippen LogP contribution is 2.67. The normalized spacial score (nSPS) is 36.9. The molecule has 0 amide bonds. The Kier molecular flexibility index (Phi) is 8.87. The molecule has 8 atom stereocenters. The number of halogens is 1. The van der Waals surface area contributed by atoms with Gasteiger partial charge in [-0.2, -0.15) is 0 Å². The zero-order valence-electron chi connectivity index (χ0n) is 25.1. The lowest BCUT2D eigenvalue weighted by atomic mass is 9.47. The van der Waals surface area contributed by atoms with Crippen molar-refractivity contribution in [3.05, 3.63) is 52.0 Å². The summed E-state index contributed by atoms with van der Waals surface area (Å²) in [6.45, 7) is 12.5. The molecule has 3 fully saturated rings. The Morgan fingerprint density at radius 1 is 1.03 bits per heavy atom. The van der Waals surface area contributed by atoms with Gasteiger partial charge in [0, 0.05) is 6.42 Å². The highest BCUT2D eigenvalue weighted by atomic mass is 79.9. The fourth-order valence-electron chi connectivity index (χ4n) is 9.71. The minimum Gasteiger partial charge on any atom is -0.458 e. The Labute approximate surface area is 246 Å². The lowest BCUT2D eigenvalue weighted by molar-refractivity contribution is -0.145. The topological polar surface area (TPSA) is 26.3 Å². The molecule has 0 aliphatic heterocycles. The Bertz CT molecular complexity index is 1070. The average molecular weight is 596 g/mol. The molecule has 0 radical (unpaired) electrons. The average Bonchev–Trinajstić information content (AvgIpc) is 3.26. The van der Waals surface area contributed by atoms with Crippen molar-refractivity contribution in [3.63, 3.8) is 0 Å². The van der Waals surface area contributed by atoms with Crippen LogP contribution in [0.25, 0.3) is 6.08 Å². The molecule has 4 aliphatic carbocycles. The van der Waals surface area contributed by atoms with Crippen LogP contribution in [0.1, 0.15) is 111 Å². The number of carbonyl (C=O) groups is 1. The molecule has 0 aromatic heterocycles. The molecule has 3 heteroatoms. The van der Waals surface area contributed by atoms with Gasteiger partial charge in [-0.3, -0.25) is 0 Å². The lowest BCUT2D eigenvalue weighted by Gasteiger charge is -2.58. The van der Waals surface area contributed by atoms with Crippen molar-refractivity contribution in [1.82, 2.24) is 0 Å². The molecule has 4 aliphatic rings. The van der Waals surface area contributed by atoms with E-state index >= 15 is 0 Å². The van der Waals surface area contributed by atoms with Crippen LogP contribution in [0.4, 0.5) is 0 Å². The van der Waals surface area contributed by atoms with E-state index in [4.69, 9.17) is 4.74 Å². The van der Waals surface area contributed by atoms with Crippen LogP contribution < -0.4 is 0 Å². The summed E-state index contributed by atoms with van der Waals surface area (Å²) in [5.74, 6) is 4.88. The maximum atomic E-state index is 12.9. The third-order valence-electron chi connectivity index (χ3n) is 11.8. The van der Waals surface area contributed by atoms with E-state index < -0.39 is 0 Å². The van der Waals surface area contributed by atoms with E-state index in [-0.39, 0.29) is 17.5 Å². The second kappa shape index (κ2) is 11.9. The van der Waals surface area contributed by atoms with Crippen LogP contribution in [0.15, 0.2) is 46.5 Å². The number of ether oxygens (including phenoxy) is 1. The van der Waals surface area contributed by atoms with Gasteiger partial charge in [-0.05, 0) is 119 Å². The van der Waals surface area contributed by atoms with Crippen LogP contribution in [0.3, 0.4) is 0 Å². The molecule has 0 N–H and O–H groups in total. The number of esters is 1. The van der Waals surface area contributed by atoms with E-state index in [1.54, 1.807) is 5.57 Å². The van der Waals surface area contributed by atoms with Gasteiger partial charge in [-0.1, -0.05) is 95.9 Å². The second-order valence-corrected chi connectivity index (χ2v) is 15.3. The summed E-state index contributed by atoms with van der Waals surface area (Å²) in [5.41, 5.74) is 3.40. The number of hydrogen-bond donors (Lipinski definition) is 0. The zero-order chi connectivity index (χ0) is 27.8. The number of allylic oxidation sites excluding steroid dienone is 1. The number of carbonyl (C=O) groups excluding carboxylic acids is 1. The third-order valence-corrected chi connectivity index (χ3v) is 12.4. The summed E-state index contributed by atoms with van der Waals surface area (Å²) in [4.78, 5) is 12.9. The van der Waals surface area contributed by atoms with Gasteiger partial charge in [-0.15, -0.1) is 0 Å². The highest BCUT2D eigenvalue weighted by Gasteiger charge is 2.59. The van der Waals surface area contributed by atoms with Crippen LogP contribution in [0.5, 0.6) is 0 Å². The minimum absolute atomic E-state index is 0.0125. The number of rotatable bonds is 8. The fraction of sp³-hybridized carbons (Fsp3) is 0.694. The van der Waals surface area contributed by atoms with Gasteiger partial charge >= 0.3 is 5.97 Å². The maximum absolute atomic E-state index is 12.9. The molecular formula is C36H51BrO2. The van der Waals surface area contributed by atoms with Crippen molar-refractivity contribution < 1.29 is 9.53 Å². The standard InChI is InChI=1S/C36H51BrO2/c1-24(2)10-9-11-25(3)30-16-17-31-29-15-14-27-23-28(18-20-35(27,4)32(29)19-21-36(30,31)5)39-34(38)33(37)22-26-12-7-6-8-13-26/h6-8,12-14,22,24-25,28-32H,9-11,15-21,23H2,1-5H3/b33-22+/t25-,28-,29+,30-,31+,32+,35-,36-/m0/s1. The predicted octanol–water partition coefficient (Wildman–Crippen LogP) is 10.4. The summed E-state index contributed by atoms with van der Waals surface area (Å²) in [7, 11) is 0. The van der Waals surface area contributed by atoms with Gasteiger partial charge in [0.05, 0.1) is 0 Å². The van der Waals surface area contributed by atoms with E-state index in [1.165, 1.54) is 51.4 Å². The van der Waals surface area contributed by atoms with Crippen LogP contribution in [-0.4, -0.2) is 12.1 Å². The highest BCUT2D eigenvalue weighted by molar-refractivity contribution is 9.12. The Morgan fingerprint density at radius 2 is 1.79 bits per heavy atom. The van der Waals surface area contributed by atoms with E-state index in [9.17, 15) is 4.79 Å². The lowest BCUT2D eigenvalue weighted by Crippen LogP contribution is -2.51. The Morgan fingerprint density at radius 3 is 2.54 bits per heavy atom. The quantitative estimate of drug-likeness (QED) is 0.170. The van der Waals surface area contributed by atoms with Crippen molar-refractivity contribution in [1.29, 1.82) is 0 Å². The first-order valence-corrected chi connectivity index (χ1v) is 16.7.